The molecule has 0 heterocycles. The predicted octanol–water partition coefficient (Wildman–Crippen LogP) is 5.75. The van der Waals surface area contributed by atoms with Crippen molar-refractivity contribution in [1.29, 1.82) is 0 Å². The van der Waals surface area contributed by atoms with Crippen molar-refractivity contribution in [2.75, 3.05) is 10.6 Å². The lowest BCUT2D eigenvalue weighted by molar-refractivity contribution is -0.122. The number of nitrogens with one attached hydrogen (secondary N) is 2. The minimum atomic E-state index is -0.848. The van der Waals surface area contributed by atoms with Gasteiger partial charge in [0.2, 0.25) is 0 Å². The highest BCUT2D eigenvalue weighted by atomic mass is 35.5. The zero-order valence-corrected chi connectivity index (χ0v) is 17.5. The average molecular weight is 425 g/mol. The van der Waals surface area contributed by atoms with E-state index in [-0.39, 0.29) is 0 Å². The zero-order valence-electron chi connectivity index (χ0n) is 16.0. The molecule has 150 valence electrons. The molecule has 8 heteroatoms. The lowest BCUT2D eigenvalue weighted by atomic mass is 10.2. The van der Waals surface area contributed by atoms with Crippen LogP contribution >= 0.6 is 23.2 Å². The first-order valence-corrected chi connectivity index (χ1v) is 9.32. The number of ether oxygens (including phenoxy) is 2. The average Bonchev–Trinajstić information content (AvgIpc) is 2.53. The van der Waals surface area contributed by atoms with Crippen LogP contribution in [0.1, 0.15) is 27.7 Å². The maximum Gasteiger partial charge on any atom is 0.412 e. The first kappa shape index (κ1) is 21.9. The first-order chi connectivity index (χ1) is 13.0. The predicted molar refractivity (Wildman–Crippen MR) is 111 cm³/mol. The Labute approximate surface area is 174 Å². The third kappa shape index (κ3) is 6.94. The smallest absolute Gasteiger partial charge is 0.412 e. The molecular formula is C20H22Cl2N2O4. The molecule has 6 nitrogen and oxygen atoms in total. The molecule has 1 unspecified atom stereocenters. The van der Waals surface area contributed by atoms with Crippen molar-refractivity contribution in [2.45, 2.75) is 39.4 Å². The van der Waals surface area contributed by atoms with Crippen molar-refractivity contribution >= 4 is 46.6 Å². The Morgan fingerprint density at radius 1 is 1.00 bits per heavy atom. The largest absolute Gasteiger partial charge is 0.479 e. The van der Waals surface area contributed by atoms with E-state index < -0.39 is 23.7 Å². The molecule has 0 bridgehead atoms. The molecule has 2 rings (SSSR count). The molecule has 0 spiro atoms. The van der Waals surface area contributed by atoms with Gasteiger partial charge in [0.1, 0.15) is 11.4 Å². The number of hydrogen-bond acceptors (Lipinski definition) is 4. The van der Waals surface area contributed by atoms with Crippen LogP contribution in [0, 0.1) is 0 Å². The van der Waals surface area contributed by atoms with E-state index in [0.29, 0.717) is 27.2 Å². The Morgan fingerprint density at radius 2 is 1.61 bits per heavy atom. The van der Waals surface area contributed by atoms with E-state index in [2.05, 4.69) is 10.6 Å². The van der Waals surface area contributed by atoms with E-state index in [9.17, 15) is 9.59 Å². The molecule has 0 radical (unpaired) electrons. The Kier molecular flexibility index (Phi) is 7.16. The summed E-state index contributed by atoms with van der Waals surface area (Å²) in [6.07, 6.45) is -1.46. The van der Waals surface area contributed by atoms with E-state index in [4.69, 9.17) is 32.7 Å². The monoisotopic (exact) mass is 424 g/mol. The maximum atomic E-state index is 12.4. The summed E-state index contributed by atoms with van der Waals surface area (Å²) in [6.45, 7) is 6.89. The number of carbonyl (C=O) groups is 2. The van der Waals surface area contributed by atoms with Crippen LogP contribution in [0.4, 0.5) is 16.2 Å². The molecule has 28 heavy (non-hydrogen) atoms. The van der Waals surface area contributed by atoms with Crippen molar-refractivity contribution in [3.05, 3.63) is 52.5 Å². The molecule has 0 saturated carbocycles. The molecule has 0 aliphatic carbocycles. The highest BCUT2D eigenvalue weighted by Crippen LogP contribution is 2.26. The molecular weight excluding hydrogens is 403 g/mol. The maximum absolute atomic E-state index is 12.4. The van der Waals surface area contributed by atoms with Gasteiger partial charge in [-0.1, -0.05) is 35.3 Å². The summed E-state index contributed by atoms with van der Waals surface area (Å²) in [5.74, 6) is -0.0643. The number of amides is 2. The Morgan fingerprint density at radius 3 is 2.21 bits per heavy atom. The van der Waals surface area contributed by atoms with Crippen LogP contribution in [-0.2, 0) is 9.53 Å². The van der Waals surface area contributed by atoms with Gasteiger partial charge in [0, 0.05) is 15.7 Å². The molecule has 0 fully saturated rings. The molecule has 0 aliphatic rings. The van der Waals surface area contributed by atoms with Gasteiger partial charge in [0.25, 0.3) is 5.91 Å². The highest BCUT2D eigenvalue weighted by molar-refractivity contribution is 6.35. The molecule has 2 N–H and O–H groups in total. The van der Waals surface area contributed by atoms with Crippen LogP contribution in [0.3, 0.4) is 0 Å². The molecule has 2 aromatic carbocycles. The quantitative estimate of drug-likeness (QED) is 0.640. The van der Waals surface area contributed by atoms with Crippen molar-refractivity contribution < 1.29 is 19.1 Å². The summed E-state index contributed by atoms with van der Waals surface area (Å²) in [7, 11) is 0. The summed E-state index contributed by atoms with van der Waals surface area (Å²) >= 11 is 11.9. The summed E-state index contributed by atoms with van der Waals surface area (Å²) < 4.78 is 11.0. The van der Waals surface area contributed by atoms with Crippen LogP contribution in [0.2, 0.25) is 10.0 Å². The van der Waals surface area contributed by atoms with Gasteiger partial charge in [-0.3, -0.25) is 10.1 Å². The highest BCUT2D eigenvalue weighted by Gasteiger charge is 2.20. The molecule has 2 aromatic rings. The number of halogens is 2. The first-order valence-electron chi connectivity index (χ1n) is 8.56. The molecule has 0 aliphatic heterocycles. The SMILES string of the molecule is CC(Oc1ccccc1NC(=O)OC(C)(C)C)C(=O)Nc1cc(Cl)cc(Cl)c1. The van der Waals surface area contributed by atoms with Gasteiger partial charge < -0.3 is 14.8 Å². The Bertz CT molecular complexity index is 845. The van der Waals surface area contributed by atoms with Gasteiger partial charge in [-0.25, -0.2) is 4.79 Å². The van der Waals surface area contributed by atoms with E-state index in [1.807, 2.05) is 0 Å². The Hall–Kier alpha value is -2.44. The van der Waals surface area contributed by atoms with Crippen molar-refractivity contribution in [2.24, 2.45) is 0 Å². The van der Waals surface area contributed by atoms with E-state index in [1.165, 1.54) is 0 Å². The zero-order chi connectivity index (χ0) is 20.9. The number of anilines is 2. The second-order valence-electron chi connectivity index (χ2n) is 7.03. The normalized spacial score (nSPS) is 12.1. The Balaban J connectivity index is 2.06. The molecule has 1 atom stereocenters. The van der Waals surface area contributed by atoms with Crippen LogP contribution in [0.25, 0.3) is 0 Å². The third-order valence-electron chi connectivity index (χ3n) is 3.33. The van der Waals surface area contributed by atoms with Gasteiger partial charge in [-0.05, 0) is 58.0 Å². The summed E-state index contributed by atoms with van der Waals surface area (Å²) in [4.78, 5) is 24.4. The van der Waals surface area contributed by atoms with E-state index in [0.717, 1.165) is 0 Å². The third-order valence-corrected chi connectivity index (χ3v) is 3.76. The number of rotatable bonds is 5. The molecule has 2 amide bonds. The minimum absolute atomic E-state index is 0.333. The lowest BCUT2D eigenvalue weighted by Crippen LogP contribution is -2.31. The number of carbonyl (C=O) groups excluding carboxylic acids is 2. The topological polar surface area (TPSA) is 76.7 Å². The summed E-state index contributed by atoms with van der Waals surface area (Å²) in [5, 5.41) is 6.12. The number of hydrogen-bond donors (Lipinski definition) is 2. The van der Waals surface area contributed by atoms with Gasteiger partial charge in [-0.15, -0.1) is 0 Å². The lowest BCUT2D eigenvalue weighted by Gasteiger charge is -2.21. The van der Waals surface area contributed by atoms with Crippen LogP contribution in [0.15, 0.2) is 42.5 Å². The fourth-order valence-electron chi connectivity index (χ4n) is 2.20. The van der Waals surface area contributed by atoms with Crippen molar-refractivity contribution in [3.8, 4) is 5.75 Å². The molecule has 0 aromatic heterocycles. The van der Waals surface area contributed by atoms with Gasteiger partial charge in [0.15, 0.2) is 6.10 Å². The second-order valence-corrected chi connectivity index (χ2v) is 7.90. The van der Waals surface area contributed by atoms with E-state index in [1.54, 1.807) is 70.2 Å². The fraction of sp³-hybridized carbons (Fsp3) is 0.300. The van der Waals surface area contributed by atoms with Gasteiger partial charge >= 0.3 is 6.09 Å². The van der Waals surface area contributed by atoms with Crippen molar-refractivity contribution in [1.82, 2.24) is 0 Å². The van der Waals surface area contributed by atoms with Gasteiger partial charge in [0.05, 0.1) is 5.69 Å². The standard InChI is InChI=1S/C20H22Cl2N2O4/c1-12(18(25)23-15-10-13(21)9-14(22)11-15)27-17-8-6-5-7-16(17)24-19(26)28-20(2,3)4/h5-12H,1-4H3,(H,23,25)(H,24,26). The van der Waals surface area contributed by atoms with Crippen LogP contribution < -0.4 is 15.4 Å². The summed E-state index contributed by atoms with van der Waals surface area (Å²) in [6, 6.07) is 11.5. The van der Waals surface area contributed by atoms with E-state index >= 15 is 0 Å². The number of para-hydroxylation sites is 2. The minimum Gasteiger partial charge on any atom is -0.479 e. The van der Waals surface area contributed by atoms with Gasteiger partial charge in [-0.2, -0.15) is 0 Å². The summed E-state index contributed by atoms with van der Waals surface area (Å²) in [5.41, 5.74) is 0.214. The van der Waals surface area contributed by atoms with Crippen molar-refractivity contribution in [3.63, 3.8) is 0 Å². The fourth-order valence-corrected chi connectivity index (χ4v) is 2.73. The second kappa shape index (κ2) is 9.17. The number of benzene rings is 2. The molecule has 0 saturated heterocycles. The van der Waals surface area contributed by atoms with Crippen LogP contribution in [-0.4, -0.2) is 23.7 Å². The van der Waals surface area contributed by atoms with Crippen LogP contribution in [0.5, 0.6) is 5.75 Å².